The molecule has 174 valence electrons. The molecule has 0 bridgehead atoms. The number of rotatable bonds is 9. The number of hydrogen-bond acceptors (Lipinski definition) is 4. The monoisotopic (exact) mass is 492 g/mol. The number of para-hydroxylation sites is 2. The first-order chi connectivity index (χ1) is 17.2. The van der Waals surface area contributed by atoms with Crippen molar-refractivity contribution in [1.29, 1.82) is 0 Å². The summed E-state index contributed by atoms with van der Waals surface area (Å²) in [7, 11) is 0. The van der Waals surface area contributed by atoms with Crippen LogP contribution in [0.4, 0.5) is 11.4 Å². The van der Waals surface area contributed by atoms with Gasteiger partial charge >= 0.3 is 0 Å². The average molecular weight is 493 g/mol. The fourth-order valence-corrected chi connectivity index (χ4v) is 5.91. The molecule has 0 saturated carbocycles. The molecule has 0 radical (unpaired) electrons. The summed E-state index contributed by atoms with van der Waals surface area (Å²) in [5.74, 6) is 1.84. The first-order valence-electron chi connectivity index (χ1n) is 11.7. The maximum Gasteiger partial charge on any atom is 0.0481 e. The van der Waals surface area contributed by atoms with Crippen LogP contribution in [0.3, 0.4) is 0 Å². The van der Waals surface area contributed by atoms with Gasteiger partial charge in [-0.05, 0) is 57.8 Å². The second-order valence-electron chi connectivity index (χ2n) is 8.47. The van der Waals surface area contributed by atoms with Crippen LogP contribution >= 0.6 is 23.5 Å². The Hall–Kier alpha value is -3.34. The summed E-state index contributed by atoms with van der Waals surface area (Å²) >= 11 is 3.66. The summed E-state index contributed by atoms with van der Waals surface area (Å²) < 4.78 is 0. The van der Waals surface area contributed by atoms with Crippen LogP contribution in [0.25, 0.3) is 10.8 Å². The number of nitrogens with one attached hydrogen (secondary N) is 1. The Kier molecular flexibility index (Phi) is 7.62. The van der Waals surface area contributed by atoms with Crippen LogP contribution in [-0.2, 0) is 18.1 Å². The molecule has 3 N–H and O–H groups in total. The topological polar surface area (TPSA) is 38.0 Å². The van der Waals surface area contributed by atoms with E-state index in [1.807, 2.05) is 30.0 Å². The van der Waals surface area contributed by atoms with E-state index in [1.165, 1.54) is 38.0 Å². The summed E-state index contributed by atoms with van der Waals surface area (Å²) in [5, 5.41) is 6.21. The van der Waals surface area contributed by atoms with Gasteiger partial charge in [-0.15, -0.1) is 23.5 Å². The van der Waals surface area contributed by atoms with Crippen LogP contribution in [0.2, 0.25) is 0 Å². The third kappa shape index (κ3) is 6.21. The van der Waals surface area contributed by atoms with Gasteiger partial charge in [0, 0.05) is 39.2 Å². The van der Waals surface area contributed by atoms with Crippen molar-refractivity contribution in [2.24, 2.45) is 0 Å². The minimum absolute atomic E-state index is 0.803. The molecule has 5 aromatic rings. The summed E-state index contributed by atoms with van der Waals surface area (Å²) in [4.78, 5) is 2.41. The number of thioether (sulfide) groups is 2. The molecule has 0 fully saturated rings. The second-order valence-corrected chi connectivity index (χ2v) is 10.5. The minimum atomic E-state index is 0.803. The Morgan fingerprint density at radius 1 is 0.543 bits per heavy atom. The highest BCUT2D eigenvalue weighted by Gasteiger charge is 2.06. The molecule has 2 nitrogen and oxygen atoms in total. The molecule has 0 spiro atoms. The van der Waals surface area contributed by atoms with E-state index < -0.39 is 0 Å². The molecule has 4 heteroatoms. The van der Waals surface area contributed by atoms with Crippen LogP contribution in [-0.4, -0.2) is 0 Å². The van der Waals surface area contributed by atoms with Crippen LogP contribution in [0.15, 0.2) is 125 Å². The fraction of sp³-hybridized carbons (Fsp3) is 0.0968. The van der Waals surface area contributed by atoms with E-state index in [-0.39, 0.29) is 0 Å². The molecule has 0 aromatic heterocycles. The highest BCUT2D eigenvalue weighted by atomic mass is 32.2. The Morgan fingerprint density at radius 3 is 2.00 bits per heavy atom. The molecule has 0 amide bonds. The highest BCUT2D eigenvalue weighted by Crippen LogP contribution is 2.32. The normalized spacial score (nSPS) is 11.0. The molecular weight excluding hydrogens is 464 g/mol. The first-order valence-corrected chi connectivity index (χ1v) is 13.7. The van der Waals surface area contributed by atoms with Gasteiger partial charge in [0.15, 0.2) is 0 Å². The van der Waals surface area contributed by atoms with Gasteiger partial charge in [-0.25, -0.2) is 0 Å². The van der Waals surface area contributed by atoms with Crippen molar-refractivity contribution in [3.8, 4) is 0 Å². The number of nitrogen functional groups attached to an aromatic ring is 1. The standard InChI is InChI=1S/C31H28N2S2/c32-28-12-3-5-14-30(28)34-21-24-8-7-9-25(18-24)22-35-31-15-6-4-13-29(31)33-20-23-16-17-26-10-1-2-11-27(26)19-23/h1-19,33H,20-22,32H2. The van der Waals surface area contributed by atoms with Crippen LogP contribution in [0.5, 0.6) is 0 Å². The van der Waals surface area contributed by atoms with Gasteiger partial charge in [-0.3, -0.25) is 0 Å². The van der Waals surface area contributed by atoms with E-state index >= 15 is 0 Å². The molecule has 0 saturated heterocycles. The number of benzene rings is 5. The molecule has 35 heavy (non-hydrogen) atoms. The molecule has 0 aliphatic carbocycles. The Bertz CT molecular complexity index is 1430. The zero-order valence-electron chi connectivity index (χ0n) is 19.5. The number of nitrogens with two attached hydrogens (primary N) is 1. The lowest BCUT2D eigenvalue weighted by molar-refractivity contribution is 1.14. The van der Waals surface area contributed by atoms with Gasteiger partial charge in [0.2, 0.25) is 0 Å². The van der Waals surface area contributed by atoms with Crippen molar-refractivity contribution in [3.05, 3.63) is 132 Å². The van der Waals surface area contributed by atoms with Gasteiger partial charge in [-0.2, -0.15) is 0 Å². The van der Waals surface area contributed by atoms with Gasteiger partial charge in [0.05, 0.1) is 0 Å². The fourth-order valence-electron chi connectivity index (χ4n) is 4.03. The minimum Gasteiger partial charge on any atom is -0.398 e. The van der Waals surface area contributed by atoms with E-state index in [9.17, 15) is 0 Å². The Labute approximate surface area is 216 Å². The molecule has 0 heterocycles. The third-order valence-corrected chi connectivity index (χ3v) is 8.19. The predicted molar refractivity (Wildman–Crippen MR) is 154 cm³/mol. The Morgan fingerprint density at radius 2 is 1.20 bits per heavy atom. The van der Waals surface area contributed by atoms with Gasteiger partial charge < -0.3 is 11.1 Å². The number of anilines is 2. The predicted octanol–water partition coefficient (Wildman–Crippen LogP) is 8.62. The quantitative estimate of drug-likeness (QED) is 0.160. The smallest absolute Gasteiger partial charge is 0.0481 e. The van der Waals surface area contributed by atoms with Crippen LogP contribution in [0.1, 0.15) is 16.7 Å². The molecule has 0 atom stereocenters. The van der Waals surface area contributed by atoms with E-state index in [1.54, 1.807) is 11.8 Å². The molecule has 5 rings (SSSR count). The lowest BCUT2D eigenvalue weighted by atomic mass is 10.1. The summed E-state index contributed by atoms with van der Waals surface area (Å²) in [6, 6.07) is 40.7. The van der Waals surface area contributed by atoms with Gasteiger partial charge in [-0.1, -0.05) is 84.9 Å². The zero-order chi connectivity index (χ0) is 23.9. The number of fused-ring (bicyclic) bond motifs is 1. The lowest BCUT2D eigenvalue weighted by Gasteiger charge is -2.13. The van der Waals surface area contributed by atoms with Crippen molar-refractivity contribution in [1.82, 2.24) is 0 Å². The first kappa shape index (κ1) is 23.4. The summed E-state index contributed by atoms with van der Waals surface area (Å²) in [5.41, 5.74) is 12.1. The Balaban J connectivity index is 1.21. The average Bonchev–Trinajstić information content (AvgIpc) is 2.91. The van der Waals surface area contributed by atoms with Gasteiger partial charge in [0.25, 0.3) is 0 Å². The SMILES string of the molecule is Nc1ccccc1SCc1cccc(CSc2ccccc2NCc2ccc3ccccc3c2)c1. The van der Waals surface area contributed by atoms with Crippen LogP contribution < -0.4 is 11.1 Å². The van der Waals surface area contributed by atoms with E-state index in [4.69, 9.17) is 5.73 Å². The zero-order valence-corrected chi connectivity index (χ0v) is 21.1. The molecule has 0 unspecified atom stereocenters. The maximum absolute atomic E-state index is 6.10. The van der Waals surface area contributed by atoms with Crippen molar-refractivity contribution in [2.45, 2.75) is 27.8 Å². The van der Waals surface area contributed by atoms with Crippen LogP contribution in [0, 0.1) is 0 Å². The molecular formula is C31H28N2S2. The van der Waals surface area contributed by atoms with Crippen molar-refractivity contribution >= 4 is 45.7 Å². The highest BCUT2D eigenvalue weighted by molar-refractivity contribution is 7.99. The maximum atomic E-state index is 6.10. The second kappa shape index (κ2) is 11.4. The lowest BCUT2D eigenvalue weighted by Crippen LogP contribution is -2.00. The largest absolute Gasteiger partial charge is 0.398 e. The molecule has 0 aliphatic heterocycles. The van der Waals surface area contributed by atoms with Crippen molar-refractivity contribution in [3.63, 3.8) is 0 Å². The van der Waals surface area contributed by atoms with E-state index in [0.29, 0.717) is 0 Å². The van der Waals surface area contributed by atoms with Crippen molar-refractivity contribution in [2.75, 3.05) is 11.1 Å². The van der Waals surface area contributed by atoms with Crippen molar-refractivity contribution < 1.29 is 0 Å². The van der Waals surface area contributed by atoms with E-state index in [2.05, 4.69) is 102 Å². The van der Waals surface area contributed by atoms with E-state index in [0.717, 1.165) is 28.6 Å². The third-order valence-electron chi connectivity index (χ3n) is 5.88. The number of hydrogen-bond donors (Lipinski definition) is 2. The summed E-state index contributed by atoms with van der Waals surface area (Å²) in [6.07, 6.45) is 0. The van der Waals surface area contributed by atoms with Gasteiger partial charge in [0.1, 0.15) is 0 Å². The molecule has 0 aliphatic rings. The molecule has 5 aromatic carbocycles. The summed E-state index contributed by atoms with van der Waals surface area (Å²) in [6.45, 7) is 0.803.